The van der Waals surface area contributed by atoms with Crippen LogP contribution in [0.15, 0.2) is 54.7 Å². The van der Waals surface area contributed by atoms with Crippen LogP contribution in [-0.2, 0) is 4.79 Å². The predicted octanol–water partition coefficient (Wildman–Crippen LogP) is 5.70. The number of pyridine rings is 1. The van der Waals surface area contributed by atoms with Gasteiger partial charge in [0.15, 0.2) is 0 Å². The van der Waals surface area contributed by atoms with Gasteiger partial charge in [-0.1, -0.05) is 29.8 Å². The van der Waals surface area contributed by atoms with Gasteiger partial charge in [-0.25, -0.2) is 4.98 Å². The van der Waals surface area contributed by atoms with Gasteiger partial charge in [-0.15, -0.1) is 0 Å². The quantitative estimate of drug-likeness (QED) is 0.590. The Morgan fingerprint density at radius 1 is 1.00 bits per heavy atom. The molecule has 0 aliphatic carbocycles. The summed E-state index contributed by atoms with van der Waals surface area (Å²) in [5.74, 6) is 0.700. The third-order valence-electron chi connectivity index (χ3n) is 4.26. The van der Waals surface area contributed by atoms with Crippen molar-refractivity contribution in [2.75, 3.05) is 10.2 Å². The monoisotopic (exact) mass is 365 g/mol. The maximum absolute atomic E-state index is 11.7. The summed E-state index contributed by atoms with van der Waals surface area (Å²) in [5.41, 5.74) is 5.66. The molecule has 4 nitrogen and oxygen atoms in total. The smallest absolute Gasteiger partial charge is 0.218 e. The third-order valence-corrected chi connectivity index (χ3v) is 4.50. The highest BCUT2D eigenvalue weighted by molar-refractivity contribution is 6.30. The van der Waals surface area contributed by atoms with E-state index in [1.165, 1.54) is 0 Å². The molecule has 1 amide bonds. The summed E-state index contributed by atoms with van der Waals surface area (Å²) in [6.07, 6.45) is 2.51. The molecule has 3 aromatic rings. The molecule has 1 aromatic heterocycles. The lowest BCUT2D eigenvalue weighted by molar-refractivity contribution is -0.106. The molecule has 3 rings (SSSR count). The van der Waals surface area contributed by atoms with Gasteiger partial charge in [0.05, 0.1) is 17.6 Å². The van der Waals surface area contributed by atoms with Gasteiger partial charge in [0.25, 0.3) is 0 Å². The summed E-state index contributed by atoms with van der Waals surface area (Å²) >= 11 is 5.99. The van der Waals surface area contributed by atoms with E-state index in [1.54, 1.807) is 11.1 Å². The fourth-order valence-corrected chi connectivity index (χ4v) is 3.16. The van der Waals surface area contributed by atoms with Crippen molar-refractivity contribution in [3.05, 3.63) is 76.4 Å². The first-order valence-corrected chi connectivity index (χ1v) is 8.67. The fraction of sp³-hybridized carbons (Fsp3) is 0.143. The molecule has 0 fully saturated rings. The Balaban J connectivity index is 1.87. The molecule has 0 saturated heterocycles. The average Bonchev–Trinajstić information content (AvgIpc) is 2.62. The first kappa shape index (κ1) is 18.0. The van der Waals surface area contributed by atoms with Crippen molar-refractivity contribution in [3.8, 4) is 0 Å². The fourth-order valence-electron chi connectivity index (χ4n) is 2.94. The molecule has 1 N–H and O–H groups in total. The van der Waals surface area contributed by atoms with Gasteiger partial charge < -0.3 is 5.32 Å². The molecular weight excluding hydrogens is 346 g/mol. The van der Waals surface area contributed by atoms with E-state index in [1.807, 2.05) is 69.3 Å². The van der Waals surface area contributed by atoms with Crippen LogP contribution < -0.4 is 10.2 Å². The standard InChI is InChI=1S/C21H20ClN3O/c1-14-5-4-6-15(2)21(14)25(13-26)18-8-10-20(23-12-18)24-19-9-7-17(22)11-16(19)3/h4-13H,1-3H3,(H,23,24). The molecule has 26 heavy (non-hydrogen) atoms. The first-order valence-electron chi connectivity index (χ1n) is 8.29. The Morgan fingerprint density at radius 2 is 1.73 bits per heavy atom. The number of amides is 1. The van der Waals surface area contributed by atoms with Crippen molar-refractivity contribution in [2.45, 2.75) is 20.8 Å². The zero-order valence-electron chi connectivity index (χ0n) is 15.0. The molecule has 0 saturated carbocycles. The molecule has 0 atom stereocenters. The predicted molar refractivity (Wildman–Crippen MR) is 108 cm³/mol. The summed E-state index contributed by atoms with van der Waals surface area (Å²) in [4.78, 5) is 17.8. The molecule has 0 aliphatic rings. The summed E-state index contributed by atoms with van der Waals surface area (Å²) in [7, 11) is 0. The van der Waals surface area contributed by atoms with Crippen LogP contribution in [-0.4, -0.2) is 11.4 Å². The van der Waals surface area contributed by atoms with E-state index >= 15 is 0 Å². The molecule has 0 aliphatic heterocycles. The lowest BCUT2D eigenvalue weighted by atomic mass is 10.1. The maximum Gasteiger partial charge on any atom is 0.218 e. The number of carbonyl (C=O) groups is 1. The lowest BCUT2D eigenvalue weighted by Crippen LogP contribution is -2.16. The minimum Gasteiger partial charge on any atom is -0.340 e. The molecular formula is C21H20ClN3O. The van der Waals surface area contributed by atoms with Crippen molar-refractivity contribution in [3.63, 3.8) is 0 Å². The number of nitrogens with one attached hydrogen (secondary N) is 1. The van der Waals surface area contributed by atoms with Crippen LogP contribution in [0.4, 0.5) is 22.9 Å². The van der Waals surface area contributed by atoms with Gasteiger partial charge >= 0.3 is 0 Å². The number of rotatable bonds is 5. The normalized spacial score (nSPS) is 10.5. The van der Waals surface area contributed by atoms with Crippen molar-refractivity contribution >= 4 is 40.9 Å². The molecule has 5 heteroatoms. The van der Waals surface area contributed by atoms with Gasteiger partial charge in [0, 0.05) is 10.7 Å². The van der Waals surface area contributed by atoms with E-state index in [2.05, 4.69) is 10.3 Å². The Bertz CT molecular complexity index is 918. The van der Waals surface area contributed by atoms with Gasteiger partial charge in [-0.05, 0) is 67.8 Å². The summed E-state index contributed by atoms with van der Waals surface area (Å²) < 4.78 is 0. The van der Waals surface area contributed by atoms with E-state index in [0.29, 0.717) is 10.8 Å². The highest BCUT2D eigenvalue weighted by Gasteiger charge is 2.14. The first-order chi connectivity index (χ1) is 12.5. The number of hydrogen-bond donors (Lipinski definition) is 1. The Kier molecular flexibility index (Phi) is 5.24. The summed E-state index contributed by atoms with van der Waals surface area (Å²) in [6, 6.07) is 15.3. The molecule has 1 heterocycles. The van der Waals surface area contributed by atoms with Crippen LogP contribution in [0.25, 0.3) is 0 Å². The Morgan fingerprint density at radius 3 is 2.31 bits per heavy atom. The summed E-state index contributed by atoms with van der Waals surface area (Å²) in [6.45, 7) is 5.97. The minimum atomic E-state index is 0.700. The highest BCUT2D eigenvalue weighted by Crippen LogP contribution is 2.30. The van der Waals surface area contributed by atoms with Crippen molar-refractivity contribution in [1.82, 2.24) is 4.98 Å². The van der Waals surface area contributed by atoms with Crippen LogP contribution in [0.2, 0.25) is 5.02 Å². The van der Waals surface area contributed by atoms with Crippen LogP contribution in [0, 0.1) is 20.8 Å². The van der Waals surface area contributed by atoms with Gasteiger partial charge in [-0.2, -0.15) is 0 Å². The van der Waals surface area contributed by atoms with Crippen LogP contribution in [0.3, 0.4) is 0 Å². The highest BCUT2D eigenvalue weighted by atomic mass is 35.5. The number of aromatic nitrogens is 1. The van der Waals surface area contributed by atoms with Gasteiger partial charge in [0.2, 0.25) is 6.41 Å². The largest absolute Gasteiger partial charge is 0.340 e. The number of anilines is 4. The zero-order valence-corrected chi connectivity index (χ0v) is 15.7. The molecule has 0 spiro atoms. The molecule has 2 aromatic carbocycles. The lowest BCUT2D eigenvalue weighted by Gasteiger charge is -2.22. The average molecular weight is 366 g/mol. The minimum absolute atomic E-state index is 0.700. The molecule has 132 valence electrons. The molecule has 0 unspecified atom stereocenters. The number of benzene rings is 2. The Labute approximate surface area is 158 Å². The zero-order chi connectivity index (χ0) is 18.7. The van der Waals surface area contributed by atoms with E-state index < -0.39 is 0 Å². The SMILES string of the molecule is Cc1cc(Cl)ccc1Nc1ccc(N(C=O)c2c(C)cccc2C)cn1. The third kappa shape index (κ3) is 3.70. The van der Waals surface area contributed by atoms with Crippen molar-refractivity contribution in [1.29, 1.82) is 0 Å². The number of nitrogens with zero attached hydrogens (tertiary/aromatic N) is 2. The van der Waals surface area contributed by atoms with Crippen molar-refractivity contribution < 1.29 is 4.79 Å². The topological polar surface area (TPSA) is 45.2 Å². The van der Waals surface area contributed by atoms with E-state index in [4.69, 9.17) is 11.6 Å². The van der Waals surface area contributed by atoms with E-state index in [0.717, 1.165) is 40.2 Å². The maximum atomic E-state index is 11.7. The summed E-state index contributed by atoms with van der Waals surface area (Å²) in [5, 5.41) is 3.97. The van der Waals surface area contributed by atoms with Crippen molar-refractivity contribution in [2.24, 2.45) is 0 Å². The van der Waals surface area contributed by atoms with Crippen LogP contribution in [0.1, 0.15) is 16.7 Å². The molecule has 0 radical (unpaired) electrons. The second kappa shape index (κ2) is 7.58. The number of aryl methyl sites for hydroxylation is 3. The number of para-hydroxylation sites is 1. The number of hydrogen-bond acceptors (Lipinski definition) is 3. The van der Waals surface area contributed by atoms with Crippen LogP contribution in [0.5, 0.6) is 0 Å². The Hall–Kier alpha value is -2.85. The second-order valence-electron chi connectivity index (χ2n) is 6.20. The molecule has 0 bridgehead atoms. The van der Waals surface area contributed by atoms with Gasteiger partial charge in [-0.3, -0.25) is 9.69 Å². The second-order valence-corrected chi connectivity index (χ2v) is 6.64. The number of halogens is 1. The van der Waals surface area contributed by atoms with E-state index in [9.17, 15) is 4.79 Å². The van der Waals surface area contributed by atoms with Gasteiger partial charge in [0.1, 0.15) is 5.82 Å². The van der Waals surface area contributed by atoms with E-state index in [-0.39, 0.29) is 0 Å². The van der Waals surface area contributed by atoms with Crippen LogP contribution >= 0.6 is 11.6 Å². The number of carbonyl (C=O) groups excluding carboxylic acids is 1.